The van der Waals surface area contributed by atoms with E-state index in [1.165, 1.54) is 49.1 Å². The van der Waals surface area contributed by atoms with Crippen molar-refractivity contribution >= 4 is 40.9 Å². The van der Waals surface area contributed by atoms with Gasteiger partial charge in [-0.15, -0.1) is 0 Å². The lowest BCUT2D eigenvalue weighted by Gasteiger charge is -2.35. The lowest BCUT2D eigenvalue weighted by Crippen LogP contribution is -2.53. The normalized spacial score (nSPS) is 25.3. The molecule has 11 heteroatoms. The van der Waals surface area contributed by atoms with Gasteiger partial charge in [0.2, 0.25) is 17.7 Å². The number of carbonyl (C=O) groups excluding carboxylic acids is 3. The summed E-state index contributed by atoms with van der Waals surface area (Å²) in [6.45, 7) is 5.17. The molecule has 4 unspecified atom stereocenters. The number of hydrogen-bond donors (Lipinski definition) is 1. The van der Waals surface area contributed by atoms with Crippen molar-refractivity contribution in [3.05, 3.63) is 69.2 Å². The molecule has 7 nitrogen and oxygen atoms in total. The van der Waals surface area contributed by atoms with Gasteiger partial charge in [0, 0.05) is 49.5 Å². The molecule has 2 saturated heterocycles. The molecular weight excluding hydrogens is 549 g/mol. The van der Waals surface area contributed by atoms with E-state index in [4.69, 9.17) is 23.2 Å². The van der Waals surface area contributed by atoms with E-state index in [0.717, 1.165) is 6.07 Å². The Hall–Kier alpha value is -3.22. The lowest BCUT2D eigenvalue weighted by molar-refractivity contribution is -0.139. The van der Waals surface area contributed by atoms with E-state index in [1.54, 1.807) is 11.8 Å². The number of carbonyl (C=O) groups is 3. The molecule has 2 aliphatic heterocycles. The summed E-state index contributed by atoms with van der Waals surface area (Å²) in [5.41, 5.74) is -2.06. The van der Waals surface area contributed by atoms with E-state index in [9.17, 15) is 19.6 Å². The Morgan fingerprint density at radius 1 is 1.08 bits per heavy atom. The van der Waals surface area contributed by atoms with Crippen molar-refractivity contribution in [3.8, 4) is 6.07 Å². The molecule has 2 aromatic carbocycles. The van der Waals surface area contributed by atoms with Crippen LogP contribution in [0.3, 0.4) is 0 Å². The van der Waals surface area contributed by atoms with Gasteiger partial charge in [-0.2, -0.15) is 5.26 Å². The predicted molar refractivity (Wildman–Crippen MR) is 142 cm³/mol. The molecule has 0 aromatic heterocycles. The molecule has 0 saturated carbocycles. The molecule has 2 fully saturated rings. The Labute approximate surface area is 235 Å². The number of rotatable bonds is 4. The average Bonchev–Trinajstić information content (AvgIpc) is 3.15. The number of nitrogens with zero attached hydrogens (tertiary/aromatic N) is 3. The highest BCUT2D eigenvalue weighted by Gasteiger charge is 2.64. The van der Waals surface area contributed by atoms with Gasteiger partial charge in [-0.05, 0) is 43.5 Å². The SMILES string of the molecule is CC(=O)N1CCC(NC(=O)C2C(c3cccc(Cl)c3F)C(C#N)(c3ccc(Cl)cc3F)C(C)N2C(C)=O)CC1. The van der Waals surface area contributed by atoms with Crippen LogP contribution in [-0.4, -0.2) is 58.7 Å². The minimum absolute atomic E-state index is 0.0626. The number of nitrogens with one attached hydrogen (secondary N) is 1. The zero-order valence-corrected chi connectivity index (χ0v) is 23.2. The Morgan fingerprint density at radius 2 is 1.74 bits per heavy atom. The fourth-order valence-corrected chi connectivity index (χ4v) is 6.46. The van der Waals surface area contributed by atoms with Crippen LogP contribution in [-0.2, 0) is 19.8 Å². The van der Waals surface area contributed by atoms with Gasteiger partial charge in [0.25, 0.3) is 0 Å². The van der Waals surface area contributed by atoms with Crippen molar-refractivity contribution in [1.82, 2.24) is 15.1 Å². The number of amides is 3. The summed E-state index contributed by atoms with van der Waals surface area (Å²) in [6.07, 6.45) is 0.970. The molecule has 39 heavy (non-hydrogen) atoms. The van der Waals surface area contributed by atoms with Gasteiger partial charge >= 0.3 is 0 Å². The number of hydrogen-bond acceptors (Lipinski definition) is 4. The summed E-state index contributed by atoms with van der Waals surface area (Å²) in [5.74, 6) is -4.18. The second-order valence-electron chi connectivity index (χ2n) is 10.1. The molecule has 2 aromatic rings. The molecule has 0 aliphatic carbocycles. The standard InChI is InChI=1S/C28H28Cl2F2N4O3/c1-15-28(14-33,21-8-7-18(29)13-23(21)31)24(20-5-4-6-22(30)25(20)32)26(36(15)17(3)38)27(39)34-19-9-11-35(12-10-19)16(2)37/h4-8,13,15,19,24,26H,9-12H2,1-3H3,(H,34,39). The Kier molecular flexibility index (Phi) is 8.20. The molecule has 4 rings (SSSR count). The van der Waals surface area contributed by atoms with Crippen LogP contribution in [0.15, 0.2) is 36.4 Å². The van der Waals surface area contributed by atoms with Crippen molar-refractivity contribution in [2.45, 2.75) is 63.1 Å². The first-order valence-corrected chi connectivity index (χ1v) is 13.3. The average molecular weight is 577 g/mol. The molecule has 1 N–H and O–H groups in total. The first-order valence-electron chi connectivity index (χ1n) is 12.6. The van der Waals surface area contributed by atoms with Crippen molar-refractivity contribution in [2.24, 2.45) is 0 Å². The van der Waals surface area contributed by atoms with Crippen LogP contribution in [0.2, 0.25) is 10.0 Å². The van der Waals surface area contributed by atoms with E-state index in [2.05, 4.69) is 11.4 Å². The van der Waals surface area contributed by atoms with Gasteiger partial charge in [-0.1, -0.05) is 41.4 Å². The van der Waals surface area contributed by atoms with Crippen molar-refractivity contribution in [1.29, 1.82) is 5.26 Å². The molecule has 0 radical (unpaired) electrons. The topological polar surface area (TPSA) is 93.5 Å². The van der Waals surface area contributed by atoms with Crippen LogP contribution in [0.5, 0.6) is 0 Å². The van der Waals surface area contributed by atoms with Crippen LogP contribution in [0.1, 0.15) is 50.7 Å². The maximum absolute atomic E-state index is 15.7. The third kappa shape index (κ3) is 4.96. The van der Waals surface area contributed by atoms with Gasteiger partial charge in [-0.3, -0.25) is 14.4 Å². The van der Waals surface area contributed by atoms with Crippen LogP contribution in [0, 0.1) is 23.0 Å². The molecule has 3 amide bonds. The zero-order chi connectivity index (χ0) is 28.6. The van der Waals surface area contributed by atoms with E-state index in [0.29, 0.717) is 25.9 Å². The summed E-state index contributed by atoms with van der Waals surface area (Å²) in [7, 11) is 0. The third-order valence-corrected chi connectivity index (χ3v) is 8.51. The van der Waals surface area contributed by atoms with Gasteiger partial charge in [0.05, 0.1) is 17.1 Å². The highest BCUT2D eigenvalue weighted by atomic mass is 35.5. The molecule has 4 atom stereocenters. The second kappa shape index (κ2) is 11.1. The predicted octanol–water partition coefficient (Wildman–Crippen LogP) is 4.56. The Balaban J connectivity index is 1.88. The fourth-order valence-electron chi connectivity index (χ4n) is 6.12. The van der Waals surface area contributed by atoms with Crippen molar-refractivity contribution in [2.75, 3.05) is 13.1 Å². The van der Waals surface area contributed by atoms with Gasteiger partial charge in [0.15, 0.2) is 0 Å². The smallest absolute Gasteiger partial charge is 0.243 e. The maximum Gasteiger partial charge on any atom is 0.243 e. The summed E-state index contributed by atoms with van der Waals surface area (Å²) in [5, 5.41) is 13.5. The van der Waals surface area contributed by atoms with Gasteiger partial charge in [0.1, 0.15) is 23.1 Å². The number of likely N-dealkylation sites (tertiary alicyclic amines) is 2. The largest absolute Gasteiger partial charge is 0.351 e. The lowest BCUT2D eigenvalue weighted by atomic mass is 9.65. The zero-order valence-electron chi connectivity index (χ0n) is 21.7. The van der Waals surface area contributed by atoms with Gasteiger partial charge in [-0.25, -0.2) is 8.78 Å². The number of benzene rings is 2. The third-order valence-electron chi connectivity index (χ3n) is 7.98. The quantitative estimate of drug-likeness (QED) is 0.577. The van der Waals surface area contributed by atoms with E-state index < -0.39 is 46.9 Å². The molecular formula is C28H28Cl2F2N4O3. The highest BCUT2D eigenvalue weighted by Crippen LogP contribution is 2.54. The molecule has 2 heterocycles. The minimum atomic E-state index is -1.87. The van der Waals surface area contributed by atoms with Crippen LogP contribution in [0.4, 0.5) is 8.78 Å². The van der Waals surface area contributed by atoms with Crippen LogP contribution in [0.25, 0.3) is 0 Å². The number of piperidine rings is 1. The fraction of sp³-hybridized carbons (Fsp3) is 0.429. The van der Waals surface area contributed by atoms with Crippen molar-refractivity contribution in [3.63, 3.8) is 0 Å². The first kappa shape index (κ1) is 28.8. The summed E-state index contributed by atoms with van der Waals surface area (Å²) < 4.78 is 31.2. The minimum Gasteiger partial charge on any atom is -0.351 e. The highest BCUT2D eigenvalue weighted by molar-refractivity contribution is 6.31. The van der Waals surface area contributed by atoms with E-state index >= 15 is 8.78 Å². The first-order chi connectivity index (χ1) is 18.4. The van der Waals surface area contributed by atoms with Crippen LogP contribution >= 0.6 is 23.2 Å². The number of halogens is 4. The second-order valence-corrected chi connectivity index (χ2v) is 10.9. The molecule has 0 bridgehead atoms. The van der Waals surface area contributed by atoms with Gasteiger partial charge < -0.3 is 15.1 Å². The maximum atomic E-state index is 15.7. The molecule has 206 valence electrons. The van der Waals surface area contributed by atoms with Crippen molar-refractivity contribution < 1.29 is 23.2 Å². The van der Waals surface area contributed by atoms with Crippen LogP contribution < -0.4 is 5.32 Å². The number of nitriles is 1. The molecule has 0 spiro atoms. The molecule has 2 aliphatic rings. The summed E-state index contributed by atoms with van der Waals surface area (Å²) in [6, 6.07) is 7.47. The monoisotopic (exact) mass is 576 g/mol. The van der Waals surface area contributed by atoms with E-state index in [-0.39, 0.29) is 33.1 Å². The van der Waals surface area contributed by atoms with E-state index in [1.807, 2.05) is 0 Å². The summed E-state index contributed by atoms with van der Waals surface area (Å²) >= 11 is 12.1. The Morgan fingerprint density at radius 3 is 2.31 bits per heavy atom. The summed E-state index contributed by atoms with van der Waals surface area (Å²) in [4.78, 5) is 41.6. The Bertz CT molecular complexity index is 1360.